The molecule has 3 aliphatic rings. The molecule has 1 saturated heterocycles. The Bertz CT molecular complexity index is 1080. The van der Waals surface area contributed by atoms with E-state index in [0.717, 1.165) is 30.1 Å². The van der Waals surface area contributed by atoms with Crippen LogP contribution in [0.15, 0.2) is 42.6 Å². The lowest BCUT2D eigenvalue weighted by molar-refractivity contribution is 0.0970. The summed E-state index contributed by atoms with van der Waals surface area (Å²) in [6.45, 7) is 3.35. The van der Waals surface area contributed by atoms with Gasteiger partial charge in [-0.05, 0) is 104 Å². The molecular weight excluding hydrogens is 363 g/mol. The largest absolute Gasteiger partial charge is 0.370 e. The van der Waals surface area contributed by atoms with Crippen molar-refractivity contribution in [2.75, 3.05) is 6.61 Å². The fourth-order valence-corrected chi connectivity index (χ4v) is 6.27. The Balaban J connectivity index is 1.49. The van der Waals surface area contributed by atoms with Crippen LogP contribution in [0.1, 0.15) is 56.6 Å². The molecule has 3 aromatic rings. The molecular formula is C25H27FN2O. The van der Waals surface area contributed by atoms with Gasteiger partial charge in [-0.2, -0.15) is 5.10 Å². The van der Waals surface area contributed by atoms with Crippen molar-refractivity contribution in [3.8, 4) is 5.69 Å². The van der Waals surface area contributed by atoms with Crippen molar-refractivity contribution < 1.29 is 9.13 Å². The van der Waals surface area contributed by atoms with Crippen LogP contribution in [0.2, 0.25) is 0 Å². The third-order valence-corrected chi connectivity index (χ3v) is 8.01. The van der Waals surface area contributed by atoms with E-state index in [0.29, 0.717) is 0 Å². The van der Waals surface area contributed by atoms with Gasteiger partial charge in [0.05, 0.1) is 29.6 Å². The minimum absolute atomic E-state index is 0.214. The van der Waals surface area contributed by atoms with E-state index in [4.69, 9.17) is 4.74 Å². The maximum absolute atomic E-state index is 13.4. The van der Waals surface area contributed by atoms with Gasteiger partial charge in [-0.25, -0.2) is 9.07 Å². The van der Waals surface area contributed by atoms with E-state index in [2.05, 4.69) is 24.2 Å². The summed E-state index contributed by atoms with van der Waals surface area (Å²) in [5.41, 5.74) is 5.56. The minimum Gasteiger partial charge on any atom is -0.370 e. The molecule has 0 amide bonds. The lowest BCUT2D eigenvalue weighted by atomic mass is 9.58. The zero-order chi connectivity index (χ0) is 19.6. The number of aryl methyl sites for hydroxylation is 1. The molecule has 2 aromatic carbocycles. The van der Waals surface area contributed by atoms with E-state index < -0.39 is 0 Å². The van der Waals surface area contributed by atoms with E-state index in [9.17, 15) is 4.39 Å². The second-order valence-electron chi connectivity index (χ2n) is 9.38. The molecule has 1 spiro atoms. The number of hydrogen-bond acceptors (Lipinski definition) is 2. The second kappa shape index (κ2) is 6.15. The Morgan fingerprint density at radius 3 is 2.79 bits per heavy atom. The predicted molar refractivity (Wildman–Crippen MR) is 112 cm³/mol. The number of epoxide rings is 1. The van der Waals surface area contributed by atoms with Crippen molar-refractivity contribution in [2.24, 2.45) is 5.92 Å². The summed E-state index contributed by atoms with van der Waals surface area (Å²) >= 11 is 0. The van der Waals surface area contributed by atoms with E-state index in [1.165, 1.54) is 61.6 Å². The summed E-state index contributed by atoms with van der Waals surface area (Å²) in [7, 11) is 0. The Hall–Kier alpha value is -2.20. The SMILES string of the molecule is CC[C@@]12CC[C@@]3(CO3)CC1CCCc1cc3c(cnn3-c3ccc(F)cc3)cc12. The molecule has 6 rings (SSSR count). The molecule has 0 bridgehead atoms. The van der Waals surface area contributed by atoms with Crippen molar-refractivity contribution in [3.63, 3.8) is 0 Å². The van der Waals surface area contributed by atoms with E-state index >= 15 is 0 Å². The maximum atomic E-state index is 13.4. The van der Waals surface area contributed by atoms with Crippen molar-refractivity contribution in [3.05, 3.63) is 59.5 Å². The first-order valence-corrected chi connectivity index (χ1v) is 11.0. The Labute approximate surface area is 170 Å². The number of aromatic nitrogens is 2. The van der Waals surface area contributed by atoms with Gasteiger partial charge in [0.25, 0.3) is 0 Å². The zero-order valence-corrected chi connectivity index (χ0v) is 17.0. The van der Waals surface area contributed by atoms with Gasteiger partial charge in [-0.1, -0.05) is 6.92 Å². The number of halogens is 1. The smallest absolute Gasteiger partial charge is 0.123 e. The molecule has 0 radical (unpaired) electrons. The van der Waals surface area contributed by atoms with Gasteiger partial charge < -0.3 is 4.74 Å². The molecule has 1 unspecified atom stereocenters. The van der Waals surface area contributed by atoms with Gasteiger partial charge in [-0.3, -0.25) is 0 Å². The highest BCUT2D eigenvalue weighted by atomic mass is 19.1. The topological polar surface area (TPSA) is 30.4 Å². The fraction of sp³-hybridized carbons (Fsp3) is 0.480. The second-order valence-corrected chi connectivity index (χ2v) is 9.38. The van der Waals surface area contributed by atoms with Crippen LogP contribution >= 0.6 is 0 Å². The van der Waals surface area contributed by atoms with Gasteiger partial charge in [0.2, 0.25) is 0 Å². The van der Waals surface area contributed by atoms with Crippen molar-refractivity contribution >= 4 is 10.9 Å². The highest BCUT2D eigenvalue weighted by Gasteiger charge is 2.56. The standard InChI is InChI=1S/C25H27FN2O/c1-2-25-11-10-24(16-29-24)14-19(25)5-3-4-17-13-23-18(12-22(17)25)15-27-28(23)21-8-6-20(26)7-9-21/h6-9,12-13,15,19H,2-5,10-11,14,16H2,1H3/t19?,24-,25+/m0/s1. The lowest BCUT2D eigenvalue weighted by Crippen LogP contribution is -2.43. The number of rotatable bonds is 2. The first kappa shape index (κ1) is 17.6. The monoisotopic (exact) mass is 390 g/mol. The predicted octanol–water partition coefficient (Wildman–Crippen LogP) is 5.72. The van der Waals surface area contributed by atoms with Crippen molar-refractivity contribution in [1.29, 1.82) is 0 Å². The zero-order valence-electron chi connectivity index (χ0n) is 17.0. The summed E-state index contributed by atoms with van der Waals surface area (Å²) in [6, 6.07) is 11.4. The molecule has 150 valence electrons. The molecule has 2 aliphatic carbocycles. The summed E-state index contributed by atoms with van der Waals surface area (Å²) in [5.74, 6) is 0.499. The average molecular weight is 391 g/mol. The molecule has 4 heteroatoms. The quantitative estimate of drug-likeness (QED) is 0.524. The fourth-order valence-electron chi connectivity index (χ4n) is 6.27. The normalized spacial score (nSPS) is 30.8. The highest BCUT2D eigenvalue weighted by molar-refractivity contribution is 5.82. The molecule has 2 fully saturated rings. The van der Waals surface area contributed by atoms with Crippen LogP contribution in [0, 0.1) is 11.7 Å². The van der Waals surface area contributed by atoms with E-state index in [-0.39, 0.29) is 16.8 Å². The molecule has 0 N–H and O–H groups in total. The van der Waals surface area contributed by atoms with Crippen LogP contribution in [-0.2, 0) is 16.6 Å². The third kappa shape index (κ3) is 2.61. The maximum Gasteiger partial charge on any atom is 0.123 e. The summed E-state index contributed by atoms with van der Waals surface area (Å²) in [6.07, 6.45) is 10.5. The Morgan fingerprint density at radius 2 is 2.03 bits per heavy atom. The Morgan fingerprint density at radius 1 is 1.21 bits per heavy atom. The van der Waals surface area contributed by atoms with Crippen LogP contribution in [-0.4, -0.2) is 22.0 Å². The van der Waals surface area contributed by atoms with Crippen LogP contribution in [0.25, 0.3) is 16.6 Å². The number of ether oxygens (including phenoxy) is 1. The van der Waals surface area contributed by atoms with Gasteiger partial charge in [0.1, 0.15) is 5.82 Å². The van der Waals surface area contributed by atoms with Gasteiger partial charge in [0, 0.05) is 5.39 Å². The molecule has 1 aromatic heterocycles. The van der Waals surface area contributed by atoms with Crippen LogP contribution < -0.4 is 0 Å². The molecule has 3 atom stereocenters. The van der Waals surface area contributed by atoms with E-state index in [1.54, 1.807) is 17.7 Å². The molecule has 29 heavy (non-hydrogen) atoms. The summed E-state index contributed by atoms with van der Waals surface area (Å²) < 4.78 is 21.2. The number of benzene rings is 2. The van der Waals surface area contributed by atoms with Crippen LogP contribution in [0.5, 0.6) is 0 Å². The Kier molecular flexibility index (Phi) is 3.74. The number of fused-ring (bicyclic) bond motifs is 4. The molecule has 1 saturated carbocycles. The molecule has 2 heterocycles. The van der Waals surface area contributed by atoms with E-state index in [1.807, 2.05) is 10.9 Å². The first-order chi connectivity index (χ1) is 14.1. The summed E-state index contributed by atoms with van der Waals surface area (Å²) in [4.78, 5) is 0. The van der Waals surface area contributed by atoms with Crippen molar-refractivity contribution in [2.45, 2.75) is 62.9 Å². The van der Waals surface area contributed by atoms with Crippen LogP contribution in [0.3, 0.4) is 0 Å². The molecule has 3 nitrogen and oxygen atoms in total. The third-order valence-electron chi connectivity index (χ3n) is 8.01. The first-order valence-electron chi connectivity index (χ1n) is 11.0. The summed E-state index contributed by atoms with van der Waals surface area (Å²) in [5, 5.41) is 5.83. The van der Waals surface area contributed by atoms with Gasteiger partial charge in [0.15, 0.2) is 0 Å². The lowest BCUT2D eigenvalue weighted by Gasteiger charge is -2.46. The average Bonchev–Trinajstić information content (AvgIpc) is 3.40. The van der Waals surface area contributed by atoms with Crippen LogP contribution in [0.4, 0.5) is 4.39 Å². The van der Waals surface area contributed by atoms with Crippen molar-refractivity contribution in [1.82, 2.24) is 9.78 Å². The highest BCUT2D eigenvalue weighted by Crippen LogP contribution is 2.57. The van der Waals surface area contributed by atoms with Gasteiger partial charge in [-0.15, -0.1) is 0 Å². The number of nitrogens with zero attached hydrogens (tertiary/aromatic N) is 2. The van der Waals surface area contributed by atoms with Gasteiger partial charge >= 0.3 is 0 Å². The minimum atomic E-state index is -0.218. The molecule has 1 aliphatic heterocycles. The number of hydrogen-bond donors (Lipinski definition) is 0.